The summed E-state index contributed by atoms with van der Waals surface area (Å²) in [5.41, 5.74) is 4.95. The van der Waals surface area contributed by atoms with Gasteiger partial charge in [-0.3, -0.25) is 9.51 Å². The van der Waals surface area contributed by atoms with E-state index in [1.54, 1.807) is 12.1 Å². The van der Waals surface area contributed by atoms with Gasteiger partial charge in [-0.15, -0.1) is 0 Å². The molecular formula is C30H27FN4O4. The third-order valence-corrected chi connectivity index (χ3v) is 6.53. The van der Waals surface area contributed by atoms with Gasteiger partial charge < -0.3 is 9.30 Å². The Morgan fingerprint density at radius 2 is 1.69 bits per heavy atom. The van der Waals surface area contributed by atoms with Gasteiger partial charge >= 0.3 is 11.7 Å². The van der Waals surface area contributed by atoms with E-state index in [9.17, 15) is 14.0 Å². The van der Waals surface area contributed by atoms with Gasteiger partial charge in [0.05, 0.1) is 7.11 Å². The number of aromatic nitrogens is 4. The normalized spacial score (nSPS) is 11.1. The molecule has 0 unspecified atom stereocenters. The molecule has 9 heteroatoms. The summed E-state index contributed by atoms with van der Waals surface area (Å²) < 4.78 is 25.3. The van der Waals surface area contributed by atoms with E-state index in [2.05, 4.69) is 21.6 Å². The number of aromatic amines is 1. The van der Waals surface area contributed by atoms with Gasteiger partial charge in [-0.25, -0.2) is 19.0 Å². The van der Waals surface area contributed by atoms with Gasteiger partial charge in [0.15, 0.2) is 11.5 Å². The summed E-state index contributed by atoms with van der Waals surface area (Å²) >= 11 is 0. The Morgan fingerprint density at radius 1 is 1.00 bits per heavy atom. The first kappa shape index (κ1) is 25.8. The fourth-order valence-corrected chi connectivity index (χ4v) is 4.57. The van der Waals surface area contributed by atoms with Crippen LogP contribution in [0.3, 0.4) is 0 Å². The minimum atomic E-state index is -0.615. The minimum absolute atomic E-state index is 0.333. The van der Waals surface area contributed by atoms with E-state index in [0.717, 1.165) is 40.9 Å². The highest BCUT2D eigenvalue weighted by Crippen LogP contribution is 2.31. The largest absolute Gasteiger partial charge is 0.464 e. The van der Waals surface area contributed by atoms with E-state index in [4.69, 9.17) is 9.72 Å². The molecule has 1 N–H and O–H groups in total. The molecule has 0 saturated heterocycles. The van der Waals surface area contributed by atoms with E-state index in [-0.39, 0.29) is 5.82 Å². The molecular weight excluding hydrogens is 499 g/mol. The van der Waals surface area contributed by atoms with Crippen LogP contribution in [0.1, 0.15) is 41.6 Å². The molecule has 3 aromatic carbocycles. The first-order chi connectivity index (χ1) is 19.0. The molecule has 2 heterocycles. The molecule has 0 atom stereocenters. The summed E-state index contributed by atoms with van der Waals surface area (Å²) in [6.07, 6.45) is 2.56. The maximum Gasteiger partial charge on any atom is 0.439 e. The second-order valence-corrected chi connectivity index (χ2v) is 9.10. The van der Waals surface area contributed by atoms with Crippen molar-refractivity contribution in [3.8, 4) is 33.8 Å². The Morgan fingerprint density at radius 3 is 2.33 bits per heavy atom. The van der Waals surface area contributed by atoms with Crippen LogP contribution in [0.5, 0.6) is 0 Å². The summed E-state index contributed by atoms with van der Waals surface area (Å²) in [5.74, 6) is -0.358. The van der Waals surface area contributed by atoms with E-state index in [1.165, 1.54) is 19.2 Å². The number of unbranched alkanes of at least 4 members (excludes halogenated alkanes) is 1. The van der Waals surface area contributed by atoms with Gasteiger partial charge in [0.25, 0.3) is 0 Å². The summed E-state index contributed by atoms with van der Waals surface area (Å²) in [4.78, 5) is 31.9. The van der Waals surface area contributed by atoms with E-state index >= 15 is 0 Å². The lowest BCUT2D eigenvalue weighted by atomic mass is 9.98. The highest BCUT2D eigenvalue weighted by molar-refractivity contribution is 5.94. The first-order valence-electron chi connectivity index (χ1n) is 12.7. The Hall–Kier alpha value is -4.79. The number of ether oxygens (including phenoxy) is 1. The molecule has 2 aromatic heterocycles. The SMILES string of the molecule is CCCCc1nc(-c2ccc(F)cc2)c(C(=O)OC)n1Cc1ccc(-c2ccccc2-c2noc(=O)[nH]2)cc1. The van der Waals surface area contributed by atoms with E-state index < -0.39 is 11.7 Å². The number of nitrogens with zero attached hydrogens (tertiary/aromatic N) is 3. The second-order valence-electron chi connectivity index (χ2n) is 9.10. The number of esters is 1. The number of aryl methyl sites for hydroxylation is 1. The molecule has 0 aliphatic heterocycles. The van der Waals surface area contributed by atoms with Gasteiger partial charge in [-0.1, -0.05) is 67.0 Å². The number of imidazole rings is 1. The number of methoxy groups -OCH3 is 1. The monoisotopic (exact) mass is 526 g/mol. The van der Waals surface area contributed by atoms with Gasteiger partial charge in [-0.05, 0) is 47.4 Å². The summed E-state index contributed by atoms with van der Waals surface area (Å²) in [5, 5.41) is 3.83. The second kappa shape index (κ2) is 11.3. The molecule has 0 amide bonds. The first-order valence-corrected chi connectivity index (χ1v) is 12.7. The highest BCUT2D eigenvalue weighted by atomic mass is 19.1. The van der Waals surface area contributed by atoms with Crippen molar-refractivity contribution in [3.05, 3.63) is 106 Å². The molecule has 198 valence electrons. The predicted molar refractivity (Wildman–Crippen MR) is 145 cm³/mol. The van der Waals surface area contributed by atoms with Crippen molar-refractivity contribution in [2.75, 3.05) is 7.11 Å². The number of benzene rings is 3. The van der Waals surface area contributed by atoms with Crippen LogP contribution >= 0.6 is 0 Å². The average molecular weight is 527 g/mol. The number of H-pyrrole nitrogens is 1. The third-order valence-electron chi connectivity index (χ3n) is 6.53. The molecule has 0 bridgehead atoms. The fourth-order valence-electron chi connectivity index (χ4n) is 4.57. The van der Waals surface area contributed by atoms with Crippen molar-refractivity contribution < 1.29 is 18.4 Å². The van der Waals surface area contributed by atoms with Gasteiger partial charge in [0.1, 0.15) is 17.3 Å². The number of hydrogen-bond acceptors (Lipinski definition) is 6. The molecule has 0 aliphatic rings. The summed E-state index contributed by atoms with van der Waals surface area (Å²) in [6.45, 7) is 2.50. The lowest BCUT2D eigenvalue weighted by Crippen LogP contribution is -2.15. The number of halogens is 1. The molecule has 0 fully saturated rings. The molecule has 0 aliphatic carbocycles. The zero-order chi connectivity index (χ0) is 27.4. The number of rotatable bonds is 9. The number of nitrogens with one attached hydrogen (secondary N) is 1. The molecule has 5 aromatic rings. The molecule has 5 rings (SSSR count). The smallest absolute Gasteiger partial charge is 0.439 e. The molecule has 0 spiro atoms. The number of hydrogen-bond donors (Lipinski definition) is 1. The van der Waals surface area contributed by atoms with Crippen molar-refractivity contribution in [1.82, 2.24) is 19.7 Å². The quantitative estimate of drug-likeness (QED) is 0.241. The van der Waals surface area contributed by atoms with Gasteiger partial charge in [-0.2, -0.15) is 0 Å². The molecule has 0 radical (unpaired) electrons. The topological polar surface area (TPSA) is 103 Å². The predicted octanol–water partition coefficient (Wildman–Crippen LogP) is 5.88. The van der Waals surface area contributed by atoms with Crippen molar-refractivity contribution >= 4 is 5.97 Å². The van der Waals surface area contributed by atoms with Crippen LogP contribution in [-0.2, 0) is 17.7 Å². The average Bonchev–Trinajstić information content (AvgIpc) is 3.56. The molecule has 8 nitrogen and oxygen atoms in total. The van der Waals surface area contributed by atoms with E-state index in [1.807, 2.05) is 53.1 Å². The lowest BCUT2D eigenvalue weighted by Gasteiger charge is -2.13. The van der Waals surface area contributed by atoms with Crippen LogP contribution in [-0.4, -0.2) is 32.8 Å². The lowest BCUT2D eigenvalue weighted by molar-refractivity contribution is 0.0589. The Kier molecular flexibility index (Phi) is 7.49. The van der Waals surface area contributed by atoms with Crippen LogP contribution in [0.2, 0.25) is 0 Å². The van der Waals surface area contributed by atoms with Crippen LogP contribution in [0.25, 0.3) is 33.8 Å². The standard InChI is InChI=1S/C30H27FN4O4/c1-3-4-9-25-32-26(21-14-16-22(31)17-15-21)27(29(36)38-2)35(25)18-19-10-12-20(13-11-19)23-7-5-6-8-24(23)28-33-30(37)39-34-28/h5-8,10-17H,3-4,9,18H2,1-2H3,(H,33,34,37). The third kappa shape index (κ3) is 5.43. The maximum absolute atomic E-state index is 13.6. The van der Waals surface area contributed by atoms with Gasteiger partial charge in [0, 0.05) is 24.1 Å². The van der Waals surface area contributed by atoms with Crippen LogP contribution < -0.4 is 5.76 Å². The van der Waals surface area contributed by atoms with Crippen LogP contribution in [0.4, 0.5) is 4.39 Å². The number of carbonyl (C=O) groups is 1. The molecule has 39 heavy (non-hydrogen) atoms. The zero-order valence-electron chi connectivity index (χ0n) is 21.6. The van der Waals surface area contributed by atoms with Crippen molar-refractivity contribution in [2.24, 2.45) is 0 Å². The Bertz CT molecular complexity index is 1650. The minimum Gasteiger partial charge on any atom is -0.464 e. The summed E-state index contributed by atoms with van der Waals surface area (Å²) in [6, 6.07) is 21.5. The van der Waals surface area contributed by atoms with Crippen molar-refractivity contribution in [1.29, 1.82) is 0 Å². The maximum atomic E-state index is 13.6. The van der Waals surface area contributed by atoms with E-state index in [0.29, 0.717) is 35.7 Å². The highest BCUT2D eigenvalue weighted by Gasteiger charge is 2.25. The van der Waals surface area contributed by atoms with Crippen LogP contribution in [0, 0.1) is 5.82 Å². The van der Waals surface area contributed by atoms with Crippen molar-refractivity contribution in [3.63, 3.8) is 0 Å². The van der Waals surface area contributed by atoms with Gasteiger partial charge in [0.2, 0.25) is 0 Å². The van der Waals surface area contributed by atoms with Crippen LogP contribution in [0.15, 0.2) is 82.1 Å². The Labute approximate surface area is 224 Å². The molecule has 0 saturated carbocycles. The summed E-state index contributed by atoms with van der Waals surface area (Å²) in [7, 11) is 1.34. The Balaban J connectivity index is 1.53. The fraction of sp³-hybridized carbons (Fsp3) is 0.200. The number of carbonyl (C=O) groups excluding carboxylic acids is 1. The van der Waals surface area contributed by atoms with Crippen molar-refractivity contribution in [2.45, 2.75) is 32.7 Å². The zero-order valence-corrected chi connectivity index (χ0v) is 21.6.